The first-order valence-corrected chi connectivity index (χ1v) is 12.5. The van der Waals surface area contributed by atoms with Gasteiger partial charge in [0.2, 0.25) is 10.0 Å². The molecule has 1 fully saturated rings. The van der Waals surface area contributed by atoms with Crippen molar-refractivity contribution >= 4 is 21.8 Å². The molecule has 1 heterocycles. The monoisotopic (exact) mass is 473 g/mol. The predicted molar refractivity (Wildman–Crippen MR) is 125 cm³/mol. The van der Waals surface area contributed by atoms with Crippen LogP contribution in [-0.2, 0) is 30.8 Å². The van der Waals surface area contributed by atoms with Crippen LogP contribution in [0.5, 0.6) is 0 Å². The number of benzene rings is 2. The molecule has 2 amide bonds. The number of ether oxygens (including phenoxy) is 1. The normalized spacial score (nSPS) is 16.5. The molecule has 2 N–H and O–H groups in total. The minimum atomic E-state index is -3.82. The summed E-state index contributed by atoms with van der Waals surface area (Å²) in [5.41, 5.74) is 3.48. The van der Waals surface area contributed by atoms with Crippen LogP contribution in [0.4, 0.5) is 0 Å². The molecule has 1 aliphatic rings. The van der Waals surface area contributed by atoms with Crippen molar-refractivity contribution in [3.8, 4) is 0 Å². The molecule has 33 heavy (non-hydrogen) atoms. The molecular weight excluding hydrogens is 442 g/mol. The van der Waals surface area contributed by atoms with E-state index in [0.717, 1.165) is 17.5 Å². The Morgan fingerprint density at radius 3 is 2.33 bits per heavy atom. The molecule has 0 aliphatic carbocycles. The van der Waals surface area contributed by atoms with Crippen molar-refractivity contribution in [2.45, 2.75) is 44.7 Å². The summed E-state index contributed by atoms with van der Waals surface area (Å²) in [6, 6.07) is 13.5. The van der Waals surface area contributed by atoms with Gasteiger partial charge in [0.1, 0.15) is 6.23 Å². The Balaban J connectivity index is 1.53. The van der Waals surface area contributed by atoms with E-state index in [1.165, 1.54) is 4.31 Å². The smallest absolute Gasteiger partial charge is 0.309 e. The van der Waals surface area contributed by atoms with Gasteiger partial charge in [-0.05, 0) is 50.3 Å². The van der Waals surface area contributed by atoms with Crippen molar-refractivity contribution in [3.05, 3.63) is 64.7 Å². The lowest BCUT2D eigenvalue weighted by Crippen LogP contribution is -2.47. The summed E-state index contributed by atoms with van der Waals surface area (Å²) < 4.78 is 33.4. The highest BCUT2D eigenvalue weighted by molar-refractivity contribution is 7.89. The van der Waals surface area contributed by atoms with Crippen LogP contribution in [0.15, 0.2) is 47.4 Å². The molecule has 2 aromatic rings. The van der Waals surface area contributed by atoms with Crippen molar-refractivity contribution in [1.29, 1.82) is 0 Å². The number of carbonyl (C=O) groups excluding carboxylic acids is 2. The first-order valence-electron chi connectivity index (χ1n) is 11.0. The summed E-state index contributed by atoms with van der Waals surface area (Å²) >= 11 is 0. The third-order valence-corrected chi connectivity index (χ3v) is 7.72. The van der Waals surface area contributed by atoms with Crippen LogP contribution in [0.2, 0.25) is 0 Å². The van der Waals surface area contributed by atoms with Crippen molar-refractivity contribution in [3.63, 3.8) is 0 Å². The first-order chi connectivity index (χ1) is 15.7. The van der Waals surface area contributed by atoms with Crippen LogP contribution >= 0.6 is 0 Å². The fraction of sp³-hybridized carbons (Fsp3) is 0.417. The number of amides is 2. The number of sulfonamides is 1. The third-order valence-electron chi connectivity index (χ3n) is 5.53. The van der Waals surface area contributed by atoms with E-state index < -0.39 is 28.1 Å². The van der Waals surface area contributed by atoms with Gasteiger partial charge in [-0.1, -0.05) is 48.0 Å². The maximum Gasteiger partial charge on any atom is 0.309 e. The number of rotatable bonds is 8. The second-order valence-corrected chi connectivity index (χ2v) is 10.1. The van der Waals surface area contributed by atoms with Crippen LogP contribution in [0, 0.1) is 20.8 Å². The topological polar surface area (TPSA) is 105 Å². The molecule has 0 spiro atoms. The van der Waals surface area contributed by atoms with Crippen molar-refractivity contribution in [1.82, 2.24) is 14.9 Å². The van der Waals surface area contributed by atoms with Gasteiger partial charge >= 0.3 is 11.8 Å². The van der Waals surface area contributed by atoms with Crippen LogP contribution in [-0.4, -0.2) is 57.0 Å². The maximum atomic E-state index is 13.3. The Bertz CT molecular complexity index is 1080. The van der Waals surface area contributed by atoms with Gasteiger partial charge in [-0.3, -0.25) is 9.59 Å². The van der Waals surface area contributed by atoms with E-state index in [4.69, 9.17) is 4.74 Å². The predicted octanol–water partition coefficient (Wildman–Crippen LogP) is 1.82. The SMILES string of the molecule is Cc1cc(C)c(S(=O)(=O)N2CCOC2CNC(=O)C(=O)NCCCc2ccccc2)c(C)c1. The van der Waals surface area contributed by atoms with E-state index in [1.54, 1.807) is 13.8 Å². The highest BCUT2D eigenvalue weighted by atomic mass is 32.2. The maximum absolute atomic E-state index is 13.3. The molecule has 0 bridgehead atoms. The van der Waals surface area contributed by atoms with Crippen LogP contribution in [0.3, 0.4) is 0 Å². The Kier molecular flexibility index (Phi) is 8.23. The number of aryl methyl sites for hydroxylation is 4. The van der Waals surface area contributed by atoms with E-state index >= 15 is 0 Å². The number of carbonyl (C=O) groups is 2. The highest BCUT2D eigenvalue weighted by Crippen LogP contribution is 2.28. The molecule has 3 rings (SSSR count). The van der Waals surface area contributed by atoms with Crippen molar-refractivity contribution in [2.24, 2.45) is 0 Å². The van der Waals surface area contributed by atoms with Gasteiger partial charge in [0.15, 0.2) is 0 Å². The molecule has 0 radical (unpaired) electrons. The fourth-order valence-corrected chi connectivity index (χ4v) is 6.04. The van der Waals surface area contributed by atoms with E-state index in [2.05, 4.69) is 10.6 Å². The summed E-state index contributed by atoms with van der Waals surface area (Å²) in [7, 11) is -3.82. The van der Waals surface area contributed by atoms with Gasteiger partial charge in [0.05, 0.1) is 18.0 Å². The summed E-state index contributed by atoms with van der Waals surface area (Å²) in [6.45, 7) is 6.11. The Morgan fingerprint density at radius 2 is 1.67 bits per heavy atom. The molecule has 1 unspecified atom stereocenters. The molecule has 8 nitrogen and oxygen atoms in total. The van der Waals surface area contributed by atoms with Gasteiger partial charge < -0.3 is 15.4 Å². The highest BCUT2D eigenvalue weighted by Gasteiger charge is 2.38. The largest absolute Gasteiger partial charge is 0.359 e. The number of hydrogen-bond acceptors (Lipinski definition) is 5. The molecule has 1 atom stereocenters. The molecule has 1 saturated heterocycles. The lowest BCUT2D eigenvalue weighted by Gasteiger charge is -2.24. The molecule has 9 heteroatoms. The van der Waals surface area contributed by atoms with Gasteiger partial charge in [-0.15, -0.1) is 0 Å². The van der Waals surface area contributed by atoms with Gasteiger partial charge in [-0.25, -0.2) is 8.42 Å². The van der Waals surface area contributed by atoms with Crippen molar-refractivity contribution < 1.29 is 22.7 Å². The average molecular weight is 474 g/mol. The van der Waals surface area contributed by atoms with Crippen LogP contribution in [0.25, 0.3) is 0 Å². The minimum absolute atomic E-state index is 0.112. The zero-order valence-electron chi connectivity index (χ0n) is 19.3. The van der Waals surface area contributed by atoms with E-state index in [-0.39, 0.29) is 24.6 Å². The number of nitrogens with one attached hydrogen (secondary N) is 2. The number of hydrogen-bond donors (Lipinski definition) is 2. The van der Waals surface area contributed by atoms with Crippen LogP contribution < -0.4 is 10.6 Å². The van der Waals surface area contributed by atoms with E-state index in [1.807, 2.05) is 49.4 Å². The summed E-state index contributed by atoms with van der Waals surface area (Å²) in [6.07, 6.45) is 0.629. The Labute approximate surface area is 195 Å². The first kappa shape index (κ1) is 24.9. The Hall–Kier alpha value is -2.75. The van der Waals surface area contributed by atoms with E-state index in [9.17, 15) is 18.0 Å². The lowest BCUT2D eigenvalue weighted by molar-refractivity contribution is -0.139. The zero-order chi connectivity index (χ0) is 24.0. The summed E-state index contributed by atoms with van der Waals surface area (Å²) in [5.74, 6) is -1.56. The molecule has 2 aromatic carbocycles. The van der Waals surface area contributed by atoms with Crippen LogP contribution in [0.1, 0.15) is 28.7 Å². The zero-order valence-corrected chi connectivity index (χ0v) is 20.1. The second-order valence-electron chi connectivity index (χ2n) is 8.22. The molecule has 0 saturated carbocycles. The second kappa shape index (κ2) is 10.9. The third kappa shape index (κ3) is 6.19. The summed E-state index contributed by atoms with van der Waals surface area (Å²) in [4.78, 5) is 24.5. The minimum Gasteiger partial charge on any atom is -0.359 e. The molecule has 178 valence electrons. The standard InChI is InChI=1S/C24H31N3O5S/c1-17-14-18(2)22(19(3)15-17)33(30,31)27-12-13-32-21(27)16-26-24(29)23(28)25-11-7-10-20-8-5-4-6-9-20/h4-6,8-9,14-15,21H,7,10-13,16H2,1-3H3,(H,25,28)(H,26,29). The lowest BCUT2D eigenvalue weighted by atomic mass is 10.1. The average Bonchev–Trinajstić information content (AvgIpc) is 3.24. The van der Waals surface area contributed by atoms with Gasteiger partial charge in [-0.2, -0.15) is 4.31 Å². The molecule has 1 aliphatic heterocycles. The summed E-state index contributed by atoms with van der Waals surface area (Å²) in [5, 5.41) is 5.08. The quantitative estimate of drug-likeness (QED) is 0.450. The fourth-order valence-electron chi connectivity index (χ4n) is 4.11. The van der Waals surface area contributed by atoms with Crippen molar-refractivity contribution in [2.75, 3.05) is 26.2 Å². The molecule has 0 aromatic heterocycles. The van der Waals surface area contributed by atoms with E-state index in [0.29, 0.717) is 24.1 Å². The van der Waals surface area contributed by atoms with Gasteiger partial charge in [0, 0.05) is 13.1 Å². The molecular formula is C24H31N3O5S. The number of nitrogens with zero attached hydrogens (tertiary/aromatic N) is 1. The van der Waals surface area contributed by atoms with Gasteiger partial charge in [0.25, 0.3) is 0 Å². The Morgan fingerprint density at radius 1 is 1.03 bits per heavy atom.